The first-order valence-corrected chi connectivity index (χ1v) is 13.5. The number of nitrogens with two attached hydrogens (primary N) is 1. The molecule has 0 aliphatic carbocycles. The van der Waals surface area contributed by atoms with Crippen LogP contribution < -0.4 is 20.9 Å². The molecular weight excluding hydrogens is 464 g/mol. The number of hydrogen-bond donors (Lipinski definition) is 3. The van der Waals surface area contributed by atoms with Gasteiger partial charge in [-0.1, -0.05) is 31.4 Å². The molecule has 4 heterocycles. The molecule has 9 nitrogen and oxygen atoms in total. The fraction of sp³-hybridized carbons (Fsp3) is 0.500. The number of aryl methyl sites for hydroxylation is 1. The van der Waals surface area contributed by atoms with E-state index in [2.05, 4.69) is 25.3 Å². The van der Waals surface area contributed by atoms with E-state index in [0.717, 1.165) is 50.5 Å². The fourth-order valence-corrected chi connectivity index (χ4v) is 5.66. The van der Waals surface area contributed by atoms with Crippen molar-refractivity contribution in [3.8, 4) is 17.0 Å². The molecule has 196 valence electrons. The number of anilines is 3. The minimum atomic E-state index is 0.183. The van der Waals surface area contributed by atoms with Crippen LogP contribution in [0, 0.1) is 0 Å². The SMILES string of the molecule is CNCCCCCCCc1cnc(N2C3CCC2CN(c2cc(-c4ccccc4O)nnc2N)C3)nc1. The number of aromatic nitrogens is 4. The Balaban J connectivity index is 1.21. The van der Waals surface area contributed by atoms with E-state index in [1.54, 1.807) is 12.1 Å². The molecule has 2 aliphatic heterocycles. The van der Waals surface area contributed by atoms with Crippen LogP contribution in [0.1, 0.15) is 50.5 Å². The van der Waals surface area contributed by atoms with Crippen LogP contribution in [0.2, 0.25) is 0 Å². The molecule has 0 spiro atoms. The average Bonchev–Trinajstić information content (AvgIpc) is 3.18. The van der Waals surface area contributed by atoms with Gasteiger partial charge in [0.25, 0.3) is 0 Å². The monoisotopic (exact) mass is 502 g/mol. The van der Waals surface area contributed by atoms with Gasteiger partial charge in [0.15, 0.2) is 5.82 Å². The maximum atomic E-state index is 10.3. The minimum Gasteiger partial charge on any atom is -0.507 e. The van der Waals surface area contributed by atoms with Gasteiger partial charge in [-0.3, -0.25) is 0 Å². The van der Waals surface area contributed by atoms with Gasteiger partial charge in [0.2, 0.25) is 5.95 Å². The van der Waals surface area contributed by atoms with Crippen molar-refractivity contribution in [2.45, 2.75) is 63.5 Å². The zero-order valence-corrected chi connectivity index (χ0v) is 21.7. The highest BCUT2D eigenvalue weighted by Gasteiger charge is 2.42. The molecule has 0 amide bonds. The molecule has 2 bridgehead atoms. The van der Waals surface area contributed by atoms with Crippen LogP contribution in [-0.2, 0) is 6.42 Å². The standard InChI is InChI=1S/C28H38N8O/c1-30-14-8-4-2-3-5-9-20-16-31-28(32-17-20)36-21-12-13-22(36)19-35(18-21)25-15-24(33-34-27(25)29)23-10-6-7-11-26(23)37/h6-7,10-11,15-17,21-22,30,37H,2-5,8-9,12-14,18-19H2,1H3,(H2,29,34). The van der Waals surface area contributed by atoms with E-state index < -0.39 is 0 Å². The number of nitrogens with one attached hydrogen (secondary N) is 1. The predicted octanol–water partition coefficient (Wildman–Crippen LogP) is 3.79. The Kier molecular flexibility index (Phi) is 7.99. The summed E-state index contributed by atoms with van der Waals surface area (Å²) in [5.74, 6) is 1.43. The Bertz CT molecular complexity index is 1160. The van der Waals surface area contributed by atoms with Crippen LogP contribution >= 0.6 is 0 Å². The number of rotatable bonds is 11. The van der Waals surface area contributed by atoms with Crippen molar-refractivity contribution in [1.82, 2.24) is 25.5 Å². The van der Waals surface area contributed by atoms with E-state index in [4.69, 9.17) is 15.7 Å². The highest BCUT2D eigenvalue weighted by atomic mass is 16.3. The minimum absolute atomic E-state index is 0.183. The van der Waals surface area contributed by atoms with E-state index in [-0.39, 0.29) is 5.75 Å². The van der Waals surface area contributed by atoms with Crippen LogP contribution in [0.25, 0.3) is 11.3 Å². The molecule has 0 radical (unpaired) electrons. The smallest absolute Gasteiger partial charge is 0.225 e. The number of aromatic hydroxyl groups is 1. The number of nitrogen functional groups attached to an aromatic ring is 1. The maximum absolute atomic E-state index is 10.3. The number of piperazine rings is 1. The summed E-state index contributed by atoms with van der Waals surface area (Å²) in [4.78, 5) is 14.3. The van der Waals surface area contributed by atoms with Gasteiger partial charge in [0.1, 0.15) is 5.75 Å². The lowest BCUT2D eigenvalue weighted by Crippen LogP contribution is -2.54. The summed E-state index contributed by atoms with van der Waals surface area (Å²) in [7, 11) is 2.01. The van der Waals surface area contributed by atoms with Crippen LogP contribution in [0.3, 0.4) is 0 Å². The molecule has 37 heavy (non-hydrogen) atoms. The Morgan fingerprint density at radius 2 is 1.68 bits per heavy atom. The van der Waals surface area contributed by atoms with Crippen LogP contribution in [0.4, 0.5) is 17.5 Å². The Hall–Kier alpha value is -3.46. The van der Waals surface area contributed by atoms with Gasteiger partial charge in [0, 0.05) is 43.1 Å². The van der Waals surface area contributed by atoms with Crippen molar-refractivity contribution < 1.29 is 5.11 Å². The van der Waals surface area contributed by atoms with E-state index in [1.807, 2.05) is 37.6 Å². The molecule has 3 aromatic rings. The summed E-state index contributed by atoms with van der Waals surface area (Å²) >= 11 is 0. The summed E-state index contributed by atoms with van der Waals surface area (Å²) in [5.41, 5.74) is 9.63. The zero-order valence-electron chi connectivity index (χ0n) is 21.7. The predicted molar refractivity (Wildman–Crippen MR) is 148 cm³/mol. The Morgan fingerprint density at radius 1 is 0.973 bits per heavy atom. The molecule has 1 aromatic carbocycles. The third-order valence-electron chi connectivity index (χ3n) is 7.62. The number of hydrogen-bond acceptors (Lipinski definition) is 9. The summed E-state index contributed by atoms with van der Waals surface area (Å²) in [6, 6.07) is 9.76. The molecule has 5 rings (SSSR count). The first-order chi connectivity index (χ1) is 18.1. The molecule has 9 heteroatoms. The van der Waals surface area contributed by atoms with Gasteiger partial charge < -0.3 is 26.0 Å². The largest absolute Gasteiger partial charge is 0.507 e. The molecule has 2 fully saturated rings. The van der Waals surface area contributed by atoms with Crippen molar-refractivity contribution in [3.05, 3.63) is 48.3 Å². The second kappa shape index (κ2) is 11.7. The zero-order chi connectivity index (χ0) is 25.6. The topological polar surface area (TPSA) is 116 Å². The van der Waals surface area contributed by atoms with Gasteiger partial charge in [0.05, 0.1) is 11.4 Å². The quantitative estimate of drug-likeness (QED) is 0.337. The van der Waals surface area contributed by atoms with Gasteiger partial charge in [-0.05, 0) is 69.5 Å². The van der Waals surface area contributed by atoms with Crippen molar-refractivity contribution in [2.24, 2.45) is 0 Å². The lowest BCUT2D eigenvalue weighted by molar-refractivity contribution is 0.477. The lowest BCUT2D eigenvalue weighted by atomic mass is 10.1. The average molecular weight is 503 g/mol. The molecule has 2 unspecified atom stereocenters. The molecule has 2 aromatic heterocycles. The third kappa shape index (κ3) is 5.77. The first-order valence-electron chi connectivity index (χ1n) is 13.5. The second-order valence-electron chi connectivity index (χ2n) is 10.2. The first kappa shape index (κ1) is 25.2. The molecule has 0 saturated carbocycles. The van der Waals surface area contributed by atoms with Crippen molar-refractivity contribution in [3.63, 3.8) is 0 Å². The van der Waals surface area contributed by atoms with Crippen LogP contribution in [0.5, 0.6) is 5.75 Å². The normalized spacial score (nSPS) is 18.9. The number of para-hydroxylation sites is 1. The van der Waals surface area contributed by atoms with Crippen LogP contribution in [-0.4, -0.2) is 64.0 Å². The van der Waals surface area contributed by atoms with Crippen molar-refractivity contribution in [2.75, 3.05) is 42.2 Å². The molecule has 2 atom stereocenters. The number of phenolic OH excluding ortho intramolecular Hbond substituents is 1. The summed E-state index contributed by atoms with van der Waals surface area (Å²) < 4.78 is 0. The third-order valence-corrected chi connectivity index (χ3v) is 7.62. The number of nitrogens with zero attached hydrogens (tertiary/aromatic N) is 6. The number of benzene rings is 1. The van der Waals surface area contributed by atoms with Crippen molar-refractivity contribution >= 4 is 17.5 Å². The Labute approximate surface area is 219 Å². The van der Waals surface area contributed by atoms with E-state index in [9.17, 15) is 5.11 Å². The fourth-order valence-electron chi connectivity index (χ4n) is 5.66. The lowest BCUT2D eigenvalue weighted by Gasteiger charge is -2.42. The number of phenols is 1. The van der Waals surface area contributed by atoms with Gasteiger partial charge in [-0.25, -0.2) is 9.97 Å². The second-order valence-corrected chi connectivity index (χ2v) is 10.2. The molecule has 2 saturated heterocycles. The van der Waals surface area contributed by atoms with E-state index >= 15 is 0 Å². The summed E-state index contributed by atoms with van der Waals surface area (Å²) in [6.45, 7) is 2.76. The van der Waals surface area contributed by atoms with Gasteiger partial charge in [-0.2, -0.15) is 0 Å². The molecule has 2 aliphatic rings. The molecule has 4 N–H and O–H groups in total. The number of fused-ring (bicyclic) bond motifs is 2. The van der Waals surface area contributed by atoms with Crippen LogP contribution in [0.15, 0.2) is 42.7 Å². The van der Waals surface area contributed by atoms with Gasteiger partial charge >= 0.3 is 0 Å². The number of unbranched alkanes of at least 4 members (excludes halogenated alkanes) is 4. The van der Waals surface area contributed by atoms with Gasteiger partial charge in [-0.15, -0.1) is 10.2 Å². The highest BCUT2D eigenvalue weighted by Crippen LogP contribution is 2.37. The summed E-state index contributed by atoms with van der Waals surface area (Å²) in [6.07, 6.45) is 13.6. The summed E-state index contributed by atoms with van der Waals surface area (Å²) in [5, 5.41) is 21.9. The van der Waals surface area contributed by atoms with Crippen molar-refractivity contribution in [1.29, 1.82) is 0 Å². The Morgan fingerprint density at radius 3 is 2.41 bits per heavy atom. The maximum Gasteiger partial charge on any atom is 0.225 e. The highest BCUT2D eigenvalue weighted by molar-refractivity contribution is 5.74. The van der Waals surface area contributed by atoms with E-state index in [1.165, 1.54) is 37.7 Å². The van der Waals surface area contributed by atoms with E-state index in [0.29, 0.717) is 29.2 Å². The molecular formula is C28H38N8O.